The Labute approximate surface area is 136 Å². The molecule has 0 saturated carbocycles. The van der Waals surface area contributed by atoms with E-state index in [4.69, 9.17) is 0 Å². The number of carbonyl (C=O) groups is 1. The van der Waals surface area contributed by atoms with E-state index in [1.54, 1.807) is 6.07 Å². The van der Waals surface area contributed by atoms with E-state index in [9.17, 15) is 4.79 Å². The number of amides is 1. The number of aryl methyl sites for hydroxylation is 2. The second-order valence-corrected chi connectivity index (χ2v) is 5.83. The molecular weight excluding hydrogens is 288 g/mol. The van der Waals surface area contributed by atoms with E-state index >= 15 is 0 Å². The lowest BCUT2D eigenvalue weighted by Crippen LogP contribution is -2.29. The van der Waals surface area contributed by atoms with Crippen LogP contribution in [0.15, 0.2) is 30.3 Å². The minimum Gasteiger partial charge on any atom is -0.351 e. The van der Waals surface area contributed by atoms with Gasteiger partial charge in [0, 0.05) is 24.5 Å². The first kappa shape index (κ1) is 15.5. The molecule has 1 aromatic carbocycles. The molecule has 1 aliphatic heterocycles. The predicted molar refractivity (Wildman–Crippen MR) is 91.2 cm³/mol. The van der Waals surface area contributed by atoms with Crippen molar-refractivity contribution >= 4 is 17.5 Å². The molecule has 1 aliphatic rings. The summed E-state index contributed by atoms with van der Waals surface area (Å²) in [6.07, 6.45) is 3.04. The van der Waals surface area contributed by atoms with Gasteiger partial charge in [0.2, 0.25) is 5.95 Å². The minimum absolute atomic E-state index is 0.135. The maximum Gasteiger partial charge on any atom is 0.270 e. The first-order valence-electron chi connectivity index (χ1n) is 8.18. The minimum atomic E-state index is -0.135. The third kappa shape index (κ3) is 3.33. The predicted octanol–water partition coefficient (Wildman–Crippen LogP) is 3.01. The highest BCUT2D eigenvalue weighted by atomic mass is 16.1. The zero-order chi connectivity index (χ0) is 16.2. The van der Waals surface area contributed by atoms with Gasteiger partial charge in [-0.2, -0.15) is 0 Å². The lowest BCUT2D eigenvalue weighted by Gasteiger charge is -2.29. The molecule has 5 heteroatoms. The van der Waals surface area contributed by atoms with E-state index in [0.29, 0.717) is 18.2 Å². The van der Waals surface area contributed by atoms with Crippen molar-refractivity contribution in [2.45, 2.75) is 33.1 Å². The zero-order valence-electron chi connectivity index (χ0n) is 13.7. The van der Waals surface area contributed by atoms with Gasteiger partial charge in [-0.3, -0.25) is 4.79 Å². The molecule has 0 spiro atoms. The van der Waals surface area contributed by atoms with Gasteiger partial charge in [0.15, 0.2) is 0 Å². The summed E-state index contributed by atoms with van der Waals surface area (Å²) >= 11 is 0. The molecule has 0 aliphatic carbocycles. The van der Waals surface area contributed by atoms with Gasteiger partial charge in [-0.15, -0.1) is 0 Å². The third-order valence-electron chi connectivity index (χ3n) is 3.96. The Bertz CT molecular complexity index is 714. The van der Waals surface area contributed by atoms with Crippen LogP contribution in [0.1, 0.15) is 41.5 Å². The molecular formula is C18H22N4O. The van der Waals surface area contributed by atoms with Crippen LogP contribution in [-0.2, 0) is 6.42 Å². The van der Waals surface area contributed by atoms with Crippen molar-refractivity contribution < 1.29 is 4.79 Å². The largest absolute Gasteiger partial charge is 0.351 e. The molecule has 3 rings (SSSR count). The standard InChI is InChI=1S/C18H22N4O/c1-3-10-19-17(23)15-12-13(2)20-18(21-15)22-11-6-8-14-7-4-5-9-16(14)22/h4-5,7,9,12H,3,6,8,10-11H2,1-2H3,(H,19,23). The first-order valence-corrected chi connectivity index (χ1v) is 8.18. The highest BCUT2D eigenvalue weighted by Gasteiger charge is 2.21. The molecule has 2 heterocycles. The molecule has 2 aromatic rings. The molecule has 120 valence electrons. The number of nitrogens with zero attached hydrogens (tertiary/aromatic N) is 3. The lowest BCUT2D eigenvalue weighted by molar-refractivity contribution is 0.0948. The van der Waals surface area contributed by atoms with Gasteiger partial charge < -0.3 is 10.2 Å². The van der Waals surface area contributed by atoms with Gasteiger partial charge in [-0.1, -0.05) is 25.1 Å². The quantitative estimate of drug-likeness (QED) is 0.943. The number of anilines is 2. The van der Waals surface area contributed by atoms with Crippen molar-refractivity contribution in [2.75, 3.05) is 18.0 Å². The number of carbonyl (C=O) groups excluding carboxylic acids is 1. The second kappa shape index (κ2) is 6.77. The number of para-hydroxylation sites is 1. The summed E-state index contributed by atoms with van der Waals surface area (Å²) in [7, 11) is 0. The van der Waals surface area contributed by atoms with Crippen LogP contribution in [0.3, 0.4) is 0 Å². The Morgan fingerprint density at radius 3 is 2.96 bits per heavy atom. The van der Waals surface area contributed by atoms with Gasteiger partial charge in [-0.25, -0.2) is 9.97 Å². The van der Waals surface area contributed by atoms with E-state index in [-0.39, 0.29) is 5.91 Å². The molecule has 23 heavy (non-hydrogen) atoms. The number of hydrogen-bond acceptors (Lipinski definition) is 4. The molecule has 1 aromatic heterocycles. The van der Waals surface area contributed by atoms with E-state index in [1.165, 1.54) is 5.56 Å². The van der Waals surface area contributed by atoms with Crippen LogP contribution >= 0.6 is 0 Å². The lowest BCUT2D eigenvalue weighted by atomic mass is 10.0. The molecule has 1 N–H and O–H groups in total. The molecule has 0 unspecified atom stereocenters. The van der Waals surface area contributed by atoms with Crippen LogP contribution in [0.5, 0.6) is 0 Å². The van der Waals surface area contributed by atoms with Crippen molar-refractivity contribution in [1.29, 1.82) is 0 Å². The van der Waals surface area contributed by atoms with E-state index < -0.39 is 0 Å². The van der Waals surface area contributed by atoms with Gasteiger partial charge in [-0.05, 0) is 43.9 Å². The SMILES string of the molecule is CCCNC(=O)c1cc(C)nc(N2CCCc3ccccc32)n1. The van der Waals surface area contributed by atoms with E-state index in [2.05, 4.69) is 38.4 Å². The number of aromatic nitrogens is 2. The summed E-state index contributed by atoms with van der Waals surface area (Å²) in [5, 5.41) is 2.88. The molecule has 0 atom stereocenters. The molecule has 0 radical (unpaired) electrons. The van der Waals surface area contributed by atoms with Crippen molar-refractivity contribution in [3.05, 3.63) is 47.3 Å². The van der Waals surface area contributed by atoms with Gasteiger partial charge in [0.1, 0.15) is 5.69 Å². The van der Waals surface area contributed by atoms with Gasteiger partial charge >= 0.3 is 0 Å². The van der Waals surface area contributed by atoms with Crippen LogP contribution in [-0.4, -0.2) is 29.0 Å². The van der Waals surface area contributed by atoms with Crippen molar-refractivity contribution in [3.63, 3.8) is 0 Å². The fraction of sp³-hybridized carbons (Fsp3) is 0.389. The summed E-state index contributed by atoms with van der Waals surface area (Å²) in [6.45, 7) is 5.46. The van der Waals surface area contributed by atoms with Crippen LogP contribution < -0.4 is 10.2 Å². The van der Waals surface area contributed by atoms with Gasteiger partial charge in [0.25, 0.3) is 5.91 Å². The highest BCUT2D eigenvalue weighted by Crippen LogP contribution is 2.31. The number of nitrogens with one attached hydrogen (secondary N) is 1. The topological polar surface area (TPSA) is 58.1 Å². The number of fused-ring (bicyclic) bond motifs is 1. The molecule has 1 amide bonds. The van der Waals surface area contributed by atoms with Crippen LogP contribution in [0, 0.1) is 6.92 Å². The number of rotatable bonds is 4. The maximum absolute atomic E-state index is 12.2. The summed E-state index contributed by atoms with van der Waals surface area (Å²) in [4.78, 5) is 23.4. The van der Waals surface area contributed by atoms with Crippen molar-refractivity contribution in [2.24, 2.45) is 0 Å². The maximum atomic E-state index is 12.2. The molecule has 0 bridgehead atoms. The summed E-state index contributed by atoms with van der Waals surface area (Å²) in [5.41, 5.74) is 3.69. The van der Waals surface area contributed by atoms with E-state index in [0.717, 1.165) is 37.2 Å². The fourth-order valence-corrected chi connectivity index (χ4v) is 2.86. The smallest absolute Gasteiger partial charge is 0.270 e. The summed E-state index contributed by atoms with van der Waals surface area (Å²) in [6, 6.07) is 10.1. The summed E-state index contributed by atoms with van der Waals surface area (Å²) < 4.78 is 0. The summed E-state index contributed by atoms with van der Waals surface area (Å²) in [5.74, 6) is 0.475. The Morgan fingerprint density at radius 2 is 2.13 bits per heavy atom. The number of hydrogen-bond donors (Lipinski definition) is 1. The average Bonchev–Trinajstić information content (AvgIpc) is 2.58. The second-order valence-electron chi connectivity index (χ2n) is 5.83. The normalized spacial score (nSPS) is 13.6. The Kier molecular flexibility index (Phi) is 4.55. The Balaban J connectivity index is 1.95. The highest BCUT2D eigenvalue weighted by molar-refractivity contribution is 5.92. The van der Waals surface area contributed by atoms with Crippen LogP contribution in [0.25, 0.3) is 0 Å². The molecule has 0 fully saturated rings. The molecule has 0 saturated heterocycles. The van der Waals surface area contributed by atoms with Gasteiger partial charge in [0.05, 0.1) is 0 Å². The number of benzene rings is 1. The Morgan fingerprint density at radius 1 is 1.30 bits per heavy atom. The van der Waals surface area contributed by atoms with E-state index in [1.807, 2.05) is 19.9 Å². The van der Waals surface area contributed by atoms with Crippen molar-refractivity contribution in [3.8, 4) is 0 Å². The van der Waals surface area contributed by atoms with Crippen LogP contribution in [0.4, 0.5) is 11.6 Å². The third-order valence-corrected chi connectivity index (χ3v) is 3.96. The zero-order valence-corrected chi connectivity index (χ0v) is 13.7. The molecule has 5 nitrogen and oxygen atoms in total. The fourth-order valence-electron chi connectivity index (χ4n) is 2.86. The monoisotopic (exact) mass is 310 g/mol. The first-order chi connectivity index (χ1) is 11.2. The van der Waals surface area contributed by atoms with Crippen molar-refractivity contribution in [1.82, 2.24) is 15.3 Å². The Hall–Kier alpha value is -2.43. The average molecular weight is 310 g/mol. The van der Waals surface area contributed by atoms with Crippen LogP contribution in [0.2, 0.25) is 0 Å².